The quantitative estimate of drug-likeness (QED) is 0.746. The molecule has 0 unspecified atom stereocenters. The number of hydrogen-bond donors (Lipinski definition) is 2. The number of carbonyl (C=O) groups excluding carboxylic acids is 1. The SMILES string of the molecule is C[C@H](Cc1ccc(F)c(Br)c1)C(=O)NCCCC(=O)O. The molecule has 0 radical (unpaired) electrons. The van der Waals surface area contributed by atoms with Crippen LogP contribution in [0.15, 0.2) is 22.7 Å². The zero-order chi connectivity index (χ0) is 15.1. The van der Waals surface area contributed by atoms with Crippen molar-refractivity contribution in [1.82, 2.24) is 5.32 Å². The van der Waals surface area contributed by atoms with E-state index in [4.69, 9.17) is 5.11 Å². The third kappa shape index (κ3) is 5.69. The summed E-state index contributed by atoms with van der Waals surface area (Å²) in [6, 6.07) is 4.66. The molecule has 1 aromatic rings. The van der Waals surface area contributed by atoms with Crippen LogP contribution in [0, 0.1) is 11.7 Å². The minimum atomic E-state index is -0.872. The molecule has 1 atom stereocenters. The summed E-state index contributed by atoms with van der Waals surface area (Å²) in [5, 5.41) is 11.2. The molecule has 1 rings (SSSR count). The number of amides is 1. The van der Waals surface area contributed by atoms with Crippen LogP contribution in [0.4, 0.5) is 4.39 Å². The molecule has 0 aliphatic heterocycles. The molecule has 110 valence electrons. The van der Waals surface area contributed by atoms with Crippen LogP contribution in [0.2, 0.25) is 0 Å². The molecule has 0 aromatic heterocycles. The van der Waals surface area contributed by atoms with Gasteiger partial charge in [-0.15, -0.1) is 0 Å². The van der Waals surface area contributed by atoms with Crippen LogP contribution in [0.3, 0.4) is 0 Å². The van der Waals surface area contributed by atoms with Crippen LogP contribution >= 0.6 is 15.9 Å². The van der Waals surface area contributed by atoms with E-state index in [2.05, 4.69) is 21.2 Å². The summed E-state index contributed by atoms with van der Waals surface area (Å²) < 4.78 is 13.5. The van der Waals surface area contributed by atoms with Gasteiger partial charge in [0.1, 0.15) is 5.82 Å². The highest BCUT2D eigenvalue weighted by Gasteiger charge is 2.14. The summed E-state index contributed by atoms with van der Waals surface area (Å²) in [7, 11) is 0. The van der Waals surface area contributed by atoms with Crippen LogP contribution < -0.4 is 5.32 Å². The molecule has 0 saturated carbocycles. The highest BCUT2D eigenvalue weighted by molar-refractivity contribution is 9.10. The van der Waals surface area contributed by atoms with Crippen LogP contribution in [0.25, 0.3) is 0 Å². The largest absolute Gasteiger partial charge is 0.481 e. The Kier molecular flexibility index (Phi) is 6.64. The lowest BCUT2D eigenvalue weighted by atomic mass is 10.0. The molecule has 0 bridgehead atoms. The average Bonchev–Trinajstić information content (AvgIpc) is 2.38. The first-order chi connectivity index (χ1) is 9.40. The summed E-state index contributed by atoms with van der Waals surface area (Å²) in [6.45, 7) is 2.13. The Morgan fingerprint density at radius 2 is 2.15 bits per heavy atom. The van der Waals surface area contributed by atoms with Gasteiger partial charge in [-0.2, -0.15) is 0 Å². The van der Waals surface area contributed by atoms with E-state index in [9.17, 15) is 14.0 Å². The van der Waals surface area contributed by atoms with E-state index < -0.39 is 5.97 Å². The van der Waals surface area contributed by atoms with Gasteiger partial charge in [0.25, 0.3) is 0 Å². The minimum Gasteiger partial charge on any atom is -0.481 e. The van der Waals surface area contributed by atoms with Gasteiger partial charge in [0.2, 0.25) is 5.91 Å². The molecule has 1 aromatic carbocycles. The van der Waals surface area contributed by atoms with Crippen molar-refractivity contribution >= 4 is 27.8 Å². The van der Waals surface area contributed by atoms with Crippen LogP contribution in [0.1, 0.15) is 25.3 Å². The second-order valence-corrected chi connectivity index (χ2v) is 5.50. The molecule has 0 aliphatic rings. The molecule has 4 nitrogen and oxygen atoms in total. The molecular formula is C14H17BrFNO3. The van der Waals surface area contributed by atoms with Crippen molar-refractivity contribution in [3.05, 3.63) is 34.1 Å². The Balaban J connectivity index is 2.41. The molecular weight excluding hydrogens is 329 g/mol. The second kappa shape index (κ2) is 7.99. The van der Waals surface area contributed by atoms with Gasteiger partial charge in [-0.1, -0.05) is 13.0 Å². The van der Waals surface area contributed by atoms with E-state index in [0.29, 0.717) is 23.9 Å². The van der Waals surface area contributed by atoms with Gasteiger partial charge >= 0.3 is 5.97 Å². The standard InChI is InChI=1S/C14H17BrFNO3/c1-9(14(20)17-6-2-3-13(18)19)7-10-4-5-12(16)11(15)8-10/h4-5,8-9H,2-3,6-7H2,1H3,(H,17,20)(H,18,19)/t9-/m1/s1. The fraction of sp³-hybridized carbons (Fsp3) is 0.429. The molecule has 2 N–H and O–H groups in total. The summed E-state index contributed by atoms with van der Waals surface area (Å²) >= 11 is 3.11. The average molecular weight is 346 g/mol. The van der Waals surface area contributed by atoms with Crippen molar-refractivity contribution < 1.29 is 19.1 Å². The fourth-order valence-corrected chi connectivity index (χ4v) is 2.16. The lowest BCUT2D eigenvalue weighted by Gasteiger charge is -2.12. The minimum absolute atomic E-state index is 0.0412. The number of benzene rings is 1. The number of nitrogens with one attached hydrogen (secondary N) is 1. The van der Waals surface area contributed by atoms with E-state index in [-0.39, 0.29) is 24.1 Å². The highest BCUT2D eigenvalue weighted by atomic mass is 79.9. The molecule has 1 amide bonds. The van der Waals surface area contributed by atoms with Crippen molar-refractivity contribution in [1.29, 1.82) is 0 Å². The van der Waals surface area contributed by atoms with E-state index in [0.717, 1.165) is 5.56 Å². The lowest BCUT2D eigenvalue weighted by Crippen LogP contribution is -2.31. The first-order valence-corrected chi connectivity index (χ1v) is 7.13. The second-order valence-electron chi connectivity index (χ2n) is 4.64. The predicted molar refractivity (Wildman–Crippen MR) is 76.8 cm³/mol. The Labute approximate surface area is 125 Å². The lowest BCUT2D eigenvalue weighted by molar-refractivity contribution is -0.137. The number of carboxylic acids is 1. The van der Waals surface area contributed by atoms with Crippen molar-refractivity contribution in [2.24, 2.45) is 5.92 Å². The maximum Gasteiger partial charge on any atom is 0.303 e. The maximum absolute atomic E-state index is 13.1. The van der Waals surface area contributed by atoms with Crippen molar-refractivity contribution in [2.45, 2.75) is 26.2 Å². The van der Waals surface area contributed by atoms with Crippen LogP contribution in [-0.2, 0) is 16.0 Å². The van der Waals surface area contributed by atoms with Gasteiger partial charge in [-0.25, -0.2) is 4.39 Å². The third-order valence-electron chi connectivity index (χ3n) is 2.84. The Hall–Kier alpha value is -1.43. The van der Waals surface area contributed by atoms with Crippen LogP contribution in [0.5, 0.6) is 0 Å². The molecule has 0 fully saturated rings. The van der Waals surface area contributed by atoms with Gasteiger partial charge in [0.05, 0.1) is 4.47 Å². The zero-order valence-electron chi connectivity index (χ0n) is 11.2. The van der Waals surface area contributed by atoms with E-state index >= 15 is 0 Å². The van der Waals surface area contributed by atoms with Gasteiger partial charge in [0, 0.05) is 18.9 Å². The Bertz CT molecular complexity index is 493. The smallest absolute Gasteiger partial charge is 0.303 e. The zero-order valence-corrected chi connectivity index (χ0v) is 12.7. The number of aliphatic carboxylic acids is 1. The first kappa shape index (κ1) is 16.6. The molecule has 0 aliphatic carbocycles. The third-order valence-corrected chi connectivity index (χ3v) is 3.45. The summed E-state index contributed by atoms with van der Waals surface area (Å²) in [4.78, 5) is 22.1. The number of rotatable bonds is 7. The van der Waals surface area contributed by atoms with E-state index in [1.165, 1.54) is 6.07 Å². The Morgan fingerprint density at radius 1 is 1.45 bits per heavy atom. The van der Waals surface area contributed by atoms with Crippen LogP contribution in [-0.4, -0.2) is 23.5 Å². The van der Waals surface area contributed by atoms with Gasteiger partial charge in [-0.3, -0.25) is 9.59 Å². The molecule has 20 heavy (non-hydrogen) atoms. The maximum atomic E-state index is 13.1. The first-order valence-electron chi connectivity index (χ1n) is 6.33. The molecule has 6 heteroatoms. The molecule has 0 saturated heterocycles. The van der Waals surface area contributed by atoms with Gasteiger partial charge in [0.15, 0.2) is 0 Å². The highest BCUT2D eigenvalue weighted by Crippen LogP contribution is 2.19. The number of carboxylic acid groups (broad SMARTS) is 1. The van der Waals surface area contributed by atoms with Gasteiger partial charge in [-0.05, 0) is 46.5 Å². The summed E-state index contributed by atoms with van der Waals surface area (Å²) in [5.41, 5.74) is 0.867. The van der Waals surface area contributed by atoms with E-state index in [1.807, 2.05) is 0 Å². The number of hydrogen-bond acceptors (Lipinski definition) is 2. The topological polar surface area (TPSA) is 66.4 Å². The van der Waals surface area contributed by atoms with Crippen molar-refractivity contribution in [3.8, 4) is 0 Å². The van der Waals surface area contributed by atoms with Crippen molar-refractivity contribution in [2.75, 3.05) is 6.54 Å². The molecule has 0 heterocycles. The van der Waals surface area contributed by atoms with E-state index in [1.54, 1.807) is 19.1 Å². The Morgan fingerprint density at radius 3 is 2.75 bits per heavy atom. The molecule has 0 spiro atoms. The summed E-state index contributed by atoms with van der Waals surface area (Å²) in [5.74, 6) is -1.59. The summed E-state index contributed by atoms with van der Waals surface area (Å²) in [6.07, 6.45) is 0.957. The monoisotopic (exact) mass is 345 g/mol. The van der Waals surface area contributed by atoms with Crippen molar-refractivity contribution in [3.63, 3.8) is 0 Å². The van der Waals surface area contributed by atoms with Gasteiger partial charge < -0.3 is 10.4 Å². The number of halogens is 2. The normalized spacial score (nSPS) is 11.9. The fourth-order valence-electron chi connectivity index (χ4n) is 1.74. The number of carbonyl (C=O) groups is 2. The predicted octanol–water partition coefficient (Wildman–Crippen LogP) is 2.75.